The van der Waals surface area contributed by atoms with E-state index in [0.29, 0.717) is 24.8 Å². The minimum atomic E-state index is -2.98. The Kier molecular flexibility index (Phi) is 4.21. The quantitative estimate of drug-likeness (QED) is 0.798. The summed E-state index contributed by atoms with van der Waals surface area (Å²) in [6, 6.07) is 0. The average molecular weight is 246 g/mol. The first kappa shape index (κ1) is 12.3. The predicted octanol–water partition coefficient (Wildman–Crippen LogP) is 0.802. The van der Waals surface area contributed by atoms with Crippen LogP contribution in [-0.2, 0) is 10.0 Å². The summed E-state index contributed by atoms with van der Waals surface area (Å²) < 4.78 is 25.8. The maximum absolute atomic E-state index is 12.1. The Hall–Kier alpha value is -0.130. The van der Waals surface area contributed by atoms with Gasteiger partial charge in [0, 0.05) is 19.6 Å². The zero-order valence-corrected chi connectivity index (χ0v) is 10.6. The lowest BCUT2D eigenvalue weighted by Gasteiger charge is -2.26. The van der Waals surface area contributed by atoms with E-state index in [-0.39, 0.29) is 0 Å². The molecular formula is C11H22N2O2S. The van der Waals surface area contributed by atoms with Crippen LogP contribution in [0.1, 0.15) is 32.1 Å². The first-order valence-electron chi connectivity index (χ1n) is 6.37. The second-order valence-electron chi connectivity index (χ2n) is 4.90. The summed E-state index contributed by atoms with van der Waals surface area (Å²) in [5.41, 5.74) is 0. The molecule has 2 rings (SSSR count). The third-order valence-corrected chi connectivity index (χ3v) is 5.60. The second kappa shape index (κ2) is 5.47. The molecule has 0 radical (unpaired) electrons. The van der Waals surface area contributed by atoms with Crippen molar-refractivity contribution in [3.05, 3.63) is 0 Å². The topological polar surface area (TPSA) is 49.4 Å². The van der Waals surface area contributed by atoms with Crippen molar-refractivity contribution in [3.8, 4) is 0 Å². The highest BCUT2D eigenvalue weighted by Gasteiger charge is 2.25. The third-order valence-electron chi connectivity index (χ3n) is 3.70. The molecule has 16 heavy (non-hydrogen) atoms. The van der Waals surface area contributed by atoms with Crippen molar-refractivity contribution in [2.24, 2.45) is 5.92 Å². The van der Waals surface area contributed by atoms with Crippen LogP contribution in [0.5, 0.6) is 0 Å². The zero-order valence-electron chi connectivity index (χ0n) is 9.82. The first-order chi connectivity index (χ1) is 7.68. The Bertz CT molecular complexity index is 304. The molecule has 2 fully saturated rings. The summed E-state index contributed by atoms with van der Waals surface area (Å²) in [5, 5.41) is 3.23. The van der Waals surface area contributed by atoms with Gasteiger partial charge in [0.2, 0.25) is 10.0 Å². The van der Waals surface area contributed by atoms with Crippen LogP contribution in [0.2, 0.25) is 0 Å². The molecule has 0 spiro atoms. The Balaban J connectivity index is 1.83. The summed E-state index contributed by atoms with van der Waals surface area (Å²) in [4.78, 5) is 0. The highest BCUT2D eigenvalue weighted by Crippen LogP contribution is 2.29. The van der Waals surface area contributed by atoms with Gasteiger partial charge in [0.25, 0.3) is 0 Å². The number of nitrogens with one attached hydrogen (secondary N) is 1. The van der Waals surface area contributed by atoms with Gasteiger partial charge in [-0.15, -0.1) is 0 Å². The van der Waals surface area contributed by atoms with Crippen molar-refractivity contribution in [1.29, 1.82) is 0 Å². The van der Waals surface area contributed by atoms with Crippen LogP contribution in [0.15, 0.2) is 0 Å². The summed E-state index contributed by atoms with van der Waals surface area (Å²) in [7, 11) is -2.98. The molecule has 5 heteroatoms. The fraction of sp³-hybridized carbons (Fsp3) is 1.00. The van der Waals surface area contributed by atoms with Crippen molar-refractivity contribution in [2.45, 2.75) is 32.1 Å². The number of sulfonamides is 1. The monoisotopic (exact) mass is 246 g/mol. The van der Waals surface area contributed by atoms with E-state index in [2.05, 4.69) is 5.32 Å². The van der Waals surface area contributed by atoms with Crippen molar-refractivity contribution < 1.29 is 8.42 Å². The molecule has 1 saturated carbocycles. The molecule has 2 aliphatic rings. The SMILES string of the molecule is O=S(=O)(CCC1CCC1)N1CCCNCC1. The zero-order chi connectivity index (χ0) is 11.4. The highest BCUT2D eigenvalue weighted by atomic mass is 32.2. The Morgan fingerprint density at radius 1 is 1.12 bits per heavy atom. The van der Waals surface area contributed by atoms with Gasteiger partial charge >= 0.3 is 0 Å². The Labute approximate surface area is 98.4 Å². The van der Waals surface area contributed by atoms with Crippen molar-refractivity contribution in [2.75, 3.05) is 31.9 Å². The summed E-state index contributed by atoms with van der Waals surface area (Å²) in [6.07, 6.45) is 5.56. The van der Waals surface area contributed by atoms with Crippen LogP contribution in [0, 0.1) is 5.92 Å². The van der Waals surface area contributed by atoms with Gasteiger partial charge < -0.3 is 5.32 Å². The van der Waals surface area contributed by atoms with Crippen molar-refractivity contribution in [1.82, 2.24) is 9.62 Å². The number of nitrogens with zero attached hydrogens (tertiary/aromatic N) is 1. The van der Waals surface area contributed by atoms with Gasteiger partial charge in [0.05, 0.1) is 5.75 Å². The van der Waals surface area contributed by atoms with Gasteiger partial charge in [-0.05, 0) is 25.3 Å². The van der Waals surface area contributed by atoms with Crippen LogP contribution in [-0.4, -0.2) is 44.7 Å². The highest BCUT2D eigenvalue weighted by molar-refractivity contribution is 7.89. The molecule has 94 valence electrons. The minimum absolute atomic E-state index is 0.359. The van der Waals surface area contributed by atoms with Crippen molar-refractivity contribution >= 4 is 10.0 Å². The normalized spacial score (nSPS) is 25.0. The molecule has 0 amide bonds. The van der Waals surface area contributed by atoms with Gasteiger partial charge in [0.15, 0.2) is 0 Å². The van der Waals surface area contributed by atoms with Crippen LogP contribution in [0.25, 0.3) is 0 Å². The summed E-state index contributed by atoms with van der Waals surface area (Å²) in [6.45, 7) is 3.07. The largest absolute Gasteiger partial charge is 0.315 e. The second-order valence-corrected chi connectivity index (χ2v) is 6.99. The first-order valence-corrected chi connectivity index (χ1v) is 7.98. The van der Waals surface area contributed by atoms with E-state index in [1.807, 2.05) is 0 Å². The molecule has 1 aliphatic heterocycles. The molecular weight excluding hydrogens is 224 g/mol. The molecule has 1 N–H and O–H groups in total. The lowest BCUT2D eigenvalue weighted by molar-refractivity contribution is 0.305. The van der Waals surface area contributed by atoms with Gasteiger partial charge in [-0.3, -0.25) is 0 Å². The smallest absolute Gasteiger partial charge is 0.214 e. The minimum Gasteiger partial charge on any atom is -0.315 e. The Morgan fingerprint density at radius 2 is 1.94 bits per heavy atom. The van der Waals surface area contributed by atoms with E-state index in [1.54, 1.807) is 4.31 Å². The van der Waals surface area contributed by atoms with Gasteiger partial charge in [-0.25, -0.2) is 12.7 Å². The number of hydrogen-bond donors (Lipinski definition) is 1. The van der Waals surface area contributed by atoms with E-state index in [9.17, 15) is 8.42 Å². The van der Waals surface area contributed by atoms with Crippen molar-refractivity contribution in [3.63, 3.8) is 0 Å². The van der Waals surface area contributed by atoms with E-state index in [1.165, 1.54) is 19.3 Å². The summed E-state index contributed by atoms with van der Waals surface area (Å²) in [5.74, 6) is 1.04. The molecule has 4 nitrogen and oxygen atoms in total. The molecule has 0 atom stereocenters. The molecule has 0 aromatic rings. The fourth-order valence-corrected chi connectivity index (χ4v) is 3.99. The van der Waals surface area contributed by atoms with Crippen LogP contribution in [0.4, 0.5) is 0 Å². The molecule has 1 aliphatic carbocycles. The maximum atomic E-state index is 12.1. The standard InChI is InChI=1S/C11H22N2O2S/c14-16(15,10-5-11-3-1-4-11)13-8-2-6-12-7-9-13/h11-12H,1-10H2. The molecule has 1 heterocycles. The summed E-state index contributed by atoms with van der Waals surface area (Å²) >= 11 is 0. The van der Waals surface area contributed by atoms with Gasteiger partial charge in [0.1, 0.15) is 0 Å². The third kappa shape index (κ3) is 3.18. The molecule has 0 bridgehead atoms. The molecule has 0 unspecified atom stereocenters. The van der Waals surface area contributed by atoms with E-state index in [4.69, 9.17) is 0 Å². The van der Waals surface area contributed by atoms with Crippen LogP contribution < -0.4 is 5.32 Å². The average Bonchev–Trinajstić information content (AvgIpc) is 2.43. The Morgan fingerprint density at radius 3 is 2.62 bits per heavy atom. The maximum Gasteiger partial charge on any atom is 0.214 e. The predicted molar refractivity (Wildman–Crippen MR) is 64.8 cm³/mol. The number of hydrogen-bond acceptors (Lipinski definition) is 3. The molecule has 0 aromatic heterocycles. The van der Waals surface area contributed by atoms with E-state index >= 15 is 0 Å². The van der Waals surface area contributed by atoms with E-state index < -0.39 is 10.0 Å². The van der Waals surface area contributed by atoms with Crippen LogP contribution >= 0.6 is 0 Å². The van der Waals surface area contributed by atoms with Gasteiger partial charge in [-0.1, -0.05) is 19.3 Å². The number of rotatable bonds is 4. The lowest BCUT2D eigenvalue weighted by Crippen LogP contribution is -2.36. The molecule has 0 aromatic carbocycles. The lowest BCUT2D eigenvalue weighted by atomic mass is 9.84. The molecule has 1 saturated heterocycles. The van der Waals surface area contributed by atoms with Gasteiger partial charge in [-0.2, -0.15) is 0 Å². The van der Waals surface area contributed by atoms with E-state index in [0.717, 1.165) is 25.9 Å². The fourth-order valence-electron chi connectivity index (χ4n) is 2.33. The van der Waals surface area contributed by atoms with Crippen LogP contribution in [0.3, 0.4) is 0 Å².